The van der Waals surface area contributed by atoms with Gasteiger partial charge in [0.15, 0.2) is 0 Å². The molecule has 0 N–H and O–H groups in total. The number of halogens is 2. The molecular weight excluding hydrogens is 441 g/mol. The maximum atomic E-state index is 13.3. The molecule has 0 aliphatic heterocycles. The molecule has 3 aromatic rings. The van der Waals surface area contributed by atoms with Gasteiger partial charge in [-0.15, -0.1) is 10.2 Å². The number of aromatic nitrogens is 2. The summed E-state index contributed by atoms with van der Waals surface area (Å²) < 4.78 is 5.45. The third-order valence-corrected chi connectivity index (χ3v) is 6.34. The van der Waals surface area contributed by atoms with Crippen LogP contribution >= 0.6 is 34.5 Å². The van der Waals surface area contributed by atoms with Crippen LogP contribution in [0.25, 0.3) is 10.6 Å². The van der Waals surface area contributed by atoms with Crippen molar-refractivity contribution in [1.82, 2.24) is 10.2 Å². The SMILES string of the molecule is CCCCN(C(=O)c1c(Cl)cccc1Cl)c1nnc(-c2cc(C)c(OC)c(C)c2)s1. The first kappa shape index (κ1) is 22.5. The van der Waals surface area contributed by atoms with Crippen LogP contribution in [0.5, 0.6) is 5.75 Å². The molecule has 1 aromatic heterocycles. The van der Waals surface area contributed by atoms with Gasteiger partial charge in [-0.2, -0.15) is 0 Å². The van der Waals surface area contributed by atoms with E-state index in [4.69, 9.17) is 27.9 Å². The van der Waals surface area contributed by atoms with Crippen LogP contribution in [-0.2, 0) is 0 Å². The molecule has 1 amide bonds. The minimum atomic E-state index is -0.274. The summed E-state index contributed by atoms with van der Waals surface area (Å²) in [5.74, 6) is 0.584. The number of amides is 1. The standard InChI is InChI=1S/C22H23Cl2N3O2S/c1-5-6-10-27(21(28)18-16(23)8-7-9-17(18)24)22-26-25-20(30-22)15-11-13(2)19(29-4)14(3)12-15/h7-9,11-12H,5-6,10H2,1-4H3. The zero-order valence-electron chi connectivity index (χ0n) is 17.3. The molecule has 0 fully saturated rings. The van der Waals surface area contributed by atoms with Crippen molar-refractivity contribution >= 4 is 45.6 Å². The number of carbonyl (C=O) groups excluding carboxylic acids is 1. The number of anilines is 1. The Morgan fingerprint density at radius 2 is 1.77 bits per heavy atom. The minimum Gasteiger partial charge on any atom is -0.496 e. The van der Waals surface area contributed by atoms with E-state index in [-0.39, 0.29) is 11.5 Å². The highest BCUT2D eigenvalue weighted by Crippen LogP contribution is 2.35. The van der Waals surface area contributed by atoms with Crippen LogP contribution in [0.4, 0.5) is 5.13 Å². The van der Waals surface area contributed by atoms with E-state index >= 15 is 0 Å². The normalized spacial score (nSPS) is 10.9. The maximum Gasteiger partial charge on any atom is 0.263 e. The van der Waals surface area contributed by atoms with Crippen molar-refractivity contribution in [3.8, 4) is 16.3 Å². The number of aryl methyl sites for hydroxylation is 2. The van der Waals surface area contributed by atoms with Crippen LogP contribution in [0.1, 0.15) is 41.3 Å². The molecule has 0 spiro atoms. The van der Waals surface area contributed by atoms with E-state index in [0.717, 1.165) is 40.3 Å². The van der Waals surface area contributed by atoms with Crippen LogP contribution in [0, 0.1) is 13.8 Å². The monoisotopic (exact) mass is 463 g/mol. The topological polar surface area (TPSA) is 55.3 Å². The lowest BCUT2D eigenvalue weighted by atomic mass is 10.1. The van der Waals surface area contributed by atoms with Gasteiger partial charge < -0.3 is 4.74 Å². The van der Waals surface area contributed by atoms with Crippen LogP contribution < -0.4 is 9.64 Å². The van der Waals surface area contributed by atoms with E-state index in [1.54, 1.807) is 30.2 Å². The van der Waals surface area contributed by atoms with Crippen LogP contribution in [0.2, 0.25) is 10.0 Å². The number of carbonyl (C=O) groups is 1. The Labute approximate surface area is 190 Å². The van der Waals surface area contributed by atoms with Crippen molar-refractivity contribution in [3.05, 3.63) is 57.1 Å². The second-order valence-corrected chi connectivity index (χ2v) is 8.71. The smallest absolute Gasteiger partial charge is 0.263 e. The second kappa shape index (κ2) is 9.77. The van der Waals surface area contributed by atoms with E-state index < -0.39 is 0 Å². The van der Waals surface area contributed by atoms with E-state index in [2.05, 4.69) is 17.1 Å². The van der Waals surface area contributed by atoms with Crippen LogP contribution in [0.15, 0.2) is 30.3 Å². The molecule has 0 aliphatic rings. The van der Waals surface area contributed by atoms with Gasteiger partial charge in [0.2, 0.25) is 5.13 Å². The average molecular weight is 464 g/mol. The van der Waals surface area contributed by atoms with E-state index in [1.807, 2.05) is 26.0 Å². The van der Waals surface area contributed by atoms with Crippen molar-refractivity contribution < 1.29 is 9.53 Å². The van der Waals surface area contributed by atoms with Gasteiger partial charge in [0.1, 0.15) is 10.8 Å². The number of benzene rings is 2. The molecule has 2 aromatic carbocycles. The average Bonchev–Trinajstić information content (AvgIpc) is 3.18. The second-order valence-electron chi connectivity index (χ2n) is 6.94. The molecule has 8 heteroatoms. The van der Waals surface area contributed by atoms with Crippen molar-refractivity contribution in [2.24, 2.45) is 0 Å². The van der Waals surface area contributed by atoms with Crippen molar-refractivity contribution in [1.29, 1.82) is 0 Å². The molecule has 0 atom stereocenters. The van der Waals surface area contributed by atoms with Gasteiger partial charge in [0.05, 0.1) is 22.7 Å². The number of hydrogen-bond acceptors (Lipinski definition) is 5. The molecule has 0 aliphatic carbocycles. The zero-order chi connectivity index (χ0) is 21.8. The third-order valence-electron chi connectivity index (χ3n) is 4.71. The van der Waals surface area contributed by atoms with Gasteiger partial charge in [-0.3, -0.25) is 9.69 Å². The summed E-state index contributed by atoms with van der Waals surface area (Å²) in [5.41, 5.74) is 3.26. The Morgan fingerprint density at radius 3 is 2.33 bits per heavy atom. The van der Waals surface area contributed by atoms with Crippen molar-refractivity contribution in [2.45, 2.75) is 33.6 Å². The molecule has 0 unspecified atom stereocenters. The lowest BCUT2D eigenvalue weighted by Crippen LogP contribution is -2.32. The molecule has 5 nitrogen and oxygen atoms in total. The lowest BCUT2D eigenvalue weighted by molar-refractivity contribution is 0.0986. The molecular formula is C22H23Cl2N3O2S. The Bertz CT molecular complexity index is 1030. The lowest BCUT2D eigenvalue weighted by Gasteiger charge is -2.20. The molecule has 0 bridgehead atoms. The fraction of sp³-hybridized carbons (Fsp3) is 0.318. The first-order valence-corrected chi connectivity index (χ1v) is 11.2. The highest BCUT2D eigenvalue weighted by Gasteiger charge is 2.25. The fourth-order valence-electron chi connectivity index (χ4n) is 3.27. The van der Waals surface area contributed by atoms with Crippen molar-refractivity contribution in [2.75, 3.05) is 18.6 Å². The summed E-state index contributed by atoms with van der Waals surface area (Å²) in [6.45, 7) is 6.56. The van der Waals surface area contributed by atoms with Gasteiger partial charge in [-0.05, 0) is 55.7 Å². The number of hydrogen-bond donors (Lipinski definition) is 0. The summed E-state index contributed by atoms with van der Waals surface area (Å²) in [6, 6.07) is 9.06. The number of rotatable bonds is 7. The van der Waals surface area contributed by atoms with Gasteiger partial charge in [-0.25, -0.2) is 0 Å². The molecule has 1 heterocycles. The first-order chi connectivity index (χ1) is 14.4. The Hall–Kier alpha value is -2.15. The van der Waals surface area contributed by atoms with Crippen molar-refractivity contribution in [3.63, 3.8) is 0 Å². The largest absolute Gasteiger partial charge is 0.496 e. The number of methoxy groups -OCH3 is 1. The maximum absolute atomic E-state index is 13.3. The summed E-state index contributed by atoms with van der Waals surface area (Å²) in [5, 5.41) is 10.5. The number of nitrogens with zero attached hydrogens (tertiary/aromatic N) is 3. The van der Waals surface area contributed by atoms with Crippen LogP contribution in [-0.4, -0.2) is 29.8 Å². The predicted octanol–water partition coefficient (Wildman–Crippen LogP) is 6.58. The molecule has 30 heavy (non-hydrogen) atoms. The quantitative estimate of drug-likeness (QED) is 0.396. The fourth-order valence-corrected chi connectivity index (χ4v) is 4.69. The van der Waals surface area contributed by atoms with Gasteiger partial charge in [-0.1, -0.05) is 53.9 Å². The summed E-state index contributed by atoms with van der Waals surface area (Å²) >= 11 is 13.9. The molecule has 0 radical (unpaired) electrons. The van der Waals surface area contributed by atoms with Crippen LogP contribution in [0.3, 0.4) is 0 Å². The van der Waals surface area contributed by atoms with Gasteiger partial charge in [0, 0.05) is 12.1 Å². The highest BCUT2D eigenvalue weighted by atomic mass is 35.5. The van der Waals surface area contributed by atoms with Gasteiger partial charge in [0.25, 0.3) is 5.91 Å². The summed E-state index contributed by atoms with van der Waals surface area (Å²) in [6.07, 6.45) is 1.76. The predicted molar refractivity (Wildman–Crippen MR) is 124 cm³/mol. The van der Waals surface area contributed by atoms with Gasteiger partial charge >= 0.3 is 0 Å². The van der Waals surface area contributed by atoms with E-state index in [1.165, 1.54) is 11.3 Å². The first-order valence-electron chi connectivity index (χ1n) is 9.62. The Kier molecular flexibility index (Phi) is 7.34. The number of ether oxygens (including phenoxy) is 1. The van der Waals surface area contributed by atoms with E-state index in [9.17, 15) is 4.79 Å². The highest BCUT2D eigenvalue weighted by molar-refractivity contribution is 7.18. The molecule has 0 saturated carbocycles. The Morgan fingerprint density at radius 1 is 1.13 bits per heavy atom. The minimum absolute atomic E-state index is 0.274. The number of unbranched alkanes of at least 4 members (excludes halogenated alkanes) is 1. The summed E-state index contributed by atoms with van der Waals surface area (Å²) in [7, 11) is 1.66. The Balaban J connectivity index is 1.99. The molecule has 158 valence electrons. The zero-order valence-corrected chi connectivity index (χ0v) is 19.7. The van der Waals surface area contributed by atoms with E-state index in [0.29, 0.717) is 21.7 Å². The molecule has 3 rings (SSSR count). The third kappa shape index (κ3) is 4.61. The summed E-state index contributed by atoms with van der Waals surface area (Å²) in [4.78, 5) is 14.9. The molecule has 0 saturated heterocycles.